The molecule has 0 bridgehead atoms. The summed E-state index contributed by atoms with van der Waals surface area (Å²) in [6.45, 7) is 3.73. The fourth-order valence-electron chi connectivity index (χ4n) is 4.35. The quantitative estimate of drug-likeness (QED) is 0.0460. The van der Waals surface area contributed by atoms with E-state index < -0.39 is 29.2 Å². The van der Waals surface area contributed by atoms with Crippen LogP contribution >= 0.6 is 23.1 Å². The lowest BCUT2D eigenvalue weighted by Crippen LogP contribution is -2.71. The van der Waals surface area contributed by atoms with E-state index in [9.17, 15) is 29.7 Å². The van der Waals surface area contributed by atoms with Gasteiger partial charge in [-0.1, -0.05) is 17.8 Å². The zero-order chi connectivity index (χ0) is 28.6. The lowest BCUT2D eigenvalue weighted by Gasteiger charge is -2.49. The number of hydrogen-bond acceptors (Lipinski definition) is 11. The number of aromatic hydroxyl groups is 2. The summed E-state index contributed by atoms with van der Waals surface area (Å²) in [4.78, 5) is 48.8. The van der Waals surface area contributed by atoms with Crippen LogP contribution in [0.2, 0.25) is 0 Å². The number of aliphatic carboxylic acids is 1. The number of oxime groups is 1. The molecule has 3 aromatic rings. The molecule has 0 aliphatic carbocycles. The van der Waals surface area contributed by atoms with Crippen molar-refractivity contribution in [2.75, 3.05) is 18.1 Å². The van der Waals surface area contributed by atoms with Gasteiger partial charge in [-0.2, -0.15) is 0 Å². The number of β-lactam (4-membered cyclic amide) rings is 1. The summed E-state index contributed by atoms with van der Waals surface area (Å²) in [7, 11) is 0. The number of amides is 2. The Hall–Kier alpha value is -4.63. The monoisotopic (exact) mass is 583 g/mol. The molecule has 6 N–H and O–H groups in total. The number of benzene rings is 1. The van der Waals surface area contributed by atoms with Gasteiger partial charge in [0, 0.05) is 28.2 Å². The van der Waals surface area contributed by atoms with Crippen LogP contribution in [0.4, 0.5) is 5.13 Å². The van der Waals surface area contributed by atoms with Gasteiger partial charge in [0.05, 0.1) is 0 Å². The van der Waals surface area contributed by atoms with Crippen LogP contribution in [0.5, 0.6) is 11.5 Å². The number of nitrogens with zero attached hydrogens (tertiary/aromatic N) is 4. The van der Waals surface area contributed by atoms with Gasteiger partial charge in [0.25, 0.3) is 11.8 Å². The molecule has 4 heterocycles. The van der Waals surface area contributed by atoms with Crippen molar-refractivity contribution in [2.45, 2.75) is 18.0 Å². The number of pyridine rings is 1. The first-order valence-corrected chi connectivity index (χ1v) is 13.7. The number of phenols is 2. The number of carbonyl (C=O) groups excluding carboxylic acids is 2. The third-order valence-electron chi connectivity index (χ3n) is 6.17. The van der Waals surface area contributed by atoms with Crippen LogP contribution in [0.25, 0.3) is 10.8 Å². The second kappa shape index (κ2) is 10.9. The molecule has 206 valence electrons. The van der Waals surface area contributed by atoms with Crippen molar-refractivity contribution in [1.82, 2.24) is 15.2 Å². The van der Waals surface area contributed by atoms with Crippen molar-refractivity contribution >= 4 is 62.5 Å². The van der Waals surface area contributed by atoms with E-state index in [1.165, 1.54) is 40.3 Å². The van der Waals surface area contributed by atoms with Crippen molar-refractivity contribution in [2.24, 2.45) is 5.16 Å². The van der Waals surface area contributed by atoms with Gasteiger partial charge in [0.15, 0.2) is 41.3 Å². The van der Waals surface area contributed by atoms with Gasteiger partial charge in [0.2, 0.25) is 0 Å². The largest absolute Gasteiger partial charge is 0.504 e. The highest BCUT2D eigenvalue weighted by atomic mass is 32.2. The van der Waals surface area contributed by atoms with Crippen LogP contribution in [0.15, 0.2) is 65.1 Å². The van der Waals surface area contributed by atoms with E-state index in [1.54, 1.807) is 23.0 Å². The van der Waals surface area contributed by atoms with Crippen molar-refractivity contribution in [1.29, 1.82) is 0 Å². The summed E-state index contributed by atoms with van der Waals surface area (Å²) >= 11 is 2.43. The molecule has 2 aliphatic rings. The minimum atomic E-state index is -1.26. The number of carbonyl (C=O) groups is 3. The SMILES string of the molecule is C=CCON=C(C(=O)NC1C(=O)N2C(C(=O)O)=C(C[n+]3ccc4cc(O)c(O)cc4c3)CS[C@H]12)c1csc(N)n1. The number of fused-ring (bicyclic) bond motifs is 2. The van der Waals surface area contributed by atoms with Gasteiger partial charge in [-0.05, 0) is 17.5 Å². The van der Waals surface area contributed by atoms with Crippen molar-refractivity contribution in [3.05, 3.63) is 65.6 Å². The molecule has 0 saturated carbocycles. The van der Waals surface area contributed by atoms with E-state index in [-0.39, 0.29) is 46.9 Å². The fourth-order valence-corrected chi connectivity index (χ4v) is 6.23. The molecule has 0 spiro atoms. The number of anilines is 1. The second-order valence-electron chi connectivity index (χ2n) is 8.80. The van der Waals surface area contributed by atoms with Gasteiger partial charge in [-0.15, -0.1) is 23.1 Å². The summed E-state index contributed by atoms with van der Waals surface area (Å²) < 4.78 is 1.73. The fraction of sp³-hybridized carbons (Fsp3) is 0.200. The molecule has 2 atom stereocenters. The van der Waals surface area contributed by atoms with Gasteiger partial charge < -0.3 is 31.2 Å². The summed E-state index contributed by atoms with van der Waals surface area (Å²) in [6, 6.07) is 3.57. The number of phenolic OH excluding ortho intramolecular Hbond substituents is 2. The molecule has 15 heteroatoms. The summed E-state index contributed by atoms with van der Waals surface area (Å²) in [5.41, 5.74) is 6.04. The normalized spacial score (nSPS) is 18.8. The Bertz CT molecular complexity index is 1620. The smallest absolute Gasteiger partial charge is 0.352 e. The van der Waals surface area contributed by atoms with Gasteiger partial charge >= 0.3 is 5.97 Å². The molecule has 1 unspecified atom stereocenters. The highest BCUT2D eigenvalue weighted by molar-refractivity contribution is 8.00. The number of nitrogens with one attached hydrogen (secondary N) is 1. The zero-order valence-corrected chi connectivity index (χ0v) is 22.3. The van der Waals surface area contributed by atoms with E-state index in [1.807, 2.05) is 0 Å². The molecule has 1 aromatic carbocycles. The topological polar surface area (TPSA) is 192 Å². The number of nitrogens with two attached hydrogens (primary N) is 1. The third kappa shape index (κ3) is 5.03. The number of carboxylic acids is 1. The molecule has 13 nitrogen and oxygen atoms in total. The predicted octanol–water partition coefficient (Wildman–Crippen LogP) is 0.923. The highest BCUT2D eigenvalue weighted by Gasteiger charge is 2.54. The maximum atomic E-state index is 13.1. The molecule has 2 aromatic heterocycles. The Morgan fingerprint density at radius 1 is 1.32 bits per heavy atom. The molecule has 0 radical (unpaired) electrons. The molecule has 1 saturated heterocycles. The van der Waals surface area contributed by atoms with Gasteiger partial charge in [0.1, 0.15) is 29.4 Å². The average molecular weight is 584 g/mol. The molecule has 40 heavy (non-hydrogen) atoms. The Kier molecular flexibility index (Phi) is 7.32. The maximum absolute atomic E-state index is 13.1. The first kappa shape index (κ1) is 27.0. The van der Waals surface area contributed by atoms with Crippen LogP contribution in [0.1, 0.15) is 5.69 Å². The van der Waals surface area contributed by atoms with Crippen LogP contribution in [-0.2, 0) is 25.8 Å². The first-order valence-electron chi connectivity index (χ1n) is 11.8. The number of nitrogen functional groups attached to an aromatic ring is 1. The van der Waals surface area contributed by atoms with Crippen LogP contribution in [0.3, 0.4) is 0 Å². The summed E-state index contributed by atoms with van der Waals surface area (Å²) in [6.07, 6.45) is 4.87. The van der Waals surface area contributed by atoms with E-state index in [0.29, 0.717) is 22.1 Å². The number of rotatable bonds is 9. The number of carboxylic acid groups (broad SMARTS) is 1. The second-order valence-corrected chi connectivity index (χ2v) is 10.8. The van der Waals surface area contributed by atoms with Crippen molar-refractivity contribution < 1.29 is 39.1 Å². The highest BCUT2D eigenvalue weighted by Crippen LogP contribution is 2.40. The molecule has 5 rings (SSSR count). The van der Waals surface area contributed by atoms with Crippen molar-refractivity contribution in [3.63, 3.8) is 0 Å². The van der Waals surface area contributed by atoms with Crippen LogP contribution < -0.4 is 15.6 Å². The van der Waals surface area contributed by atoms with Crippen LogP contribution in [-0.4, -0.2) is 72.5 Å². The summed E-state index contributed by atoms with van der Waals surface area (Å²) in [5.74, 6) is -2.79. The summed E-state index contributed by atoms with van der Waals surface area (Å²) in [5, 5.41) is 38.5. The minimum Gasteiger partial charge on any atom is -0.504 e. The number of hydrogen-bond donors (Lipinski definition) is 5. The maximum Gasteiger partial charge on any atom is 0.352 e. The van der Waals surface area contributed by atoms with E-state index in [4.69, 9.17) is 10.6 Å². The standard InChI is InChI=1S/C25H22N6O7S2/c1-2-5-38-29-18(15-11-40-25(26)27-15)21(34)28-19-22(35)31-20(24(36)37)14(10-39-23(19)31)9-30-4-3-12-6-16(32)17(33)7-13(12)8-30/h2-4,6-8,11,19,23H,1,5,9-10H2,(H5,26,27,28,33,34,36,37)/p+1/t19?,23-/m1/s1. The Balaban J connectivity index is 1.36. The molecule has 2 aliphatic heterocycles. The first-order chi connectivity index (χ1) is 19.2. The van der Waals surface area contributed by atoms with E-state index >= 15 is 0 Å². The Labute approximate surface area is 234 Å². The van der Waals surface area contributed by atoms with E-state index in [0.717, 1.165) is 11.3 Å². The molecular formula is C25H23N6O7S2+. The van der Waals surface area contributed by atoms with Gasteiger partial charge in [-0.25, -0.2) is 14.3 Å². The van der Waals surface area contributed by atoms with Crippen LogP contribution in [0, 0.1) is 0 Å². The molecular weight excluding hydrogens is 560 g/mol. The number of thiazole rings is 1. The Morgan fingerprint density at radius 2 is 2.08 bits per heavy atom. The lowest BCUT2D eigenvalue weighted by molar-refractivity contribution is -0.687. The predicted molar refractivity (Wildman–Crippen MR) is 146 cm³/mol. The molecule has 1 fully saturated rings. The number of thioether (sulfide) groups is 1. The zero-order valence-electron chi connectivity index (χ0n) is 20.7. The van der Waals surface area contributed by atoms with E-state index in [2.05, 4.69) is 22.0 Å². The third-order valence-corrected chi connectivity index (χ3v) is 8.18. The Morgan fingerprint density at radius 3 is 2.75 bits per heavy atom. The minimum absolute atomic E-state index is 0.0411. The number of aromatic nitrogens is 2. The lowest BCUT2D eigenvalue weighted by atomic mass is 10.0. The van der Waals surface area contributed by atoms with Crippen molar-refractivity contribution in [3.8, 4) is 11.5 Å². The molecule has 2 amide bonds. The average Bonchev–Trinajstić information content (AvgIpc) is 3.35. The van der Waals surface area contributed by atoms with Gasteiger partial charge in [-0.3, -0.25) is 14.5 Å².